The summed E-state index contributed by atoms with van der Waals surface area (Å²) in [6, 6.07) is 6.06. The van der Waals surface area contributed by atoms with Crippen molar-refractivity contribution in [1.82, 2.24) is 15.2 Å². The number of halogens is 3. The van der Waals surface area contributed by atoms with Crippen molar-refractivity contribution in [2.75, 3.05) is 18.5 Å². The predicted octanol–water partition coefficient (Wildman–Crippen LogP) is 4.00. The standard InChI is InChI=1S/C19H21ClFN5O2S.ClH/c1-10(2)24-17-4-3-11(7-23-17)18-25-26-19(29-18)13-5-15(21)16(6-14(13)20)28-9-12(22)8-27;/h3-7,10,12,27H,8-9,22H2,1-2H3,(H,23,24);1H/t12-;/m1./s1. The molecule has 3 rings (SSSR count). The molecule has 0 aliphatic heterocycles. The van der Waals surface area contributed by atoms with Gasteiger partial charge in [-0.1, -0.05) is 22.9 Å². The number of nitrogens with zero attached hydrogens (tertiary/aromatic N) is 3. The molecule has 1 aromatic carbocycles. The van der Waals surface area contributed by atoms with Gasteiger partial charge < -0.3 is 20.9 Å². The van der Waals surface area contributed by atoms with Crippen LogP contribution >= 0.6 is 35.3 Å². The van der Waals surface area contributed by atoms with Crippen LogP contribution in [0.4, 0.5) is 10.2 Å². The van der Waals surface area contributed by atoms with Crippen molar-refractivity contribution in [2.24, 2.45) is 5.73 Å². The molecule has 0 saturated heterocycles. The summed E-state index contributed by atoms with van der Waals surface area (Å²) in [5.41, 5.74) is 6.78. The third-order valence-electron chi connectivity index (χ3n) is 3.81. The van der Waals surface area contributed by atoms with E-state index in [0.717, 1.165) is 11.4 Å². The number of anilines is 1. The summed E-state index contributed by atoms with van der Waals surface area (Å²) in [5, 5.41) is 21.9. The van der Waals surface area contributed by atoms with E-state index in [1.807, 2.05) is 26.0 Å². The summed E-state index contributed by atoms with van der Waals surface area (Å²) >= 11 is 7.58. The Balaban J connectivity index is 0.00000320. The summed E-state index contributed by atoms with van der Waals surface area (Å²) in [6.07, 6.45) is 1.71. The van der Waals surface area contributed by atoms with Gasteiger partial charge in [-0.3, -0.25) is 0 Å². The number of aliphatic hydroxyl groups is 1. The Morgan fingerprint density at radius 3 is 2.63 bits per heavy atom. The van der Waals surface area contributed by atoms with Crippen LogP contribution in [0, 0.1) is 5.82 Å². The van der Waals surface area contributed by atoms with Crippen molar-refractivity contribution < 1.29 is 14.2 Å². The summed E-state index contributed by atoms with van der Waals surface area (Å²) in [4.78, 5) is 4.36. The number of rotatable bonds is 8. The third kappa shape index (κ3) is 5.99. The van der Waals surface area contributed by atoms with Crippen LogP contribution in [0.1, 0.15) is 13.8 Å². The smallest absolute Gasteiger partial charge is 0.165 e. The van der Waals surface area contributed by atoms with Crippen LogP contribution in [-0.2, 0) is 0 Å². The first-order chi connectivity index (χ1) is 13.9. The highest BCUT2D eigenvalue weighted by Crippen LogP contribution is 2.37. The van der Waals surface area contributed by atoms with Gasteiger partial charge in [-0.2, -0.15) is 0 Å². The molecule has 30 heavy (non-hydrogen) atoms. The second-order valence-corrected chi connectivity index (χ2v) is 8.04. The first-order valence-electron chi connectivity index (χ1n) is 8.92. The van der Waals surface area contributed by atoms with Gasteiger partial charge in [-0.25, -0.2) is 9.37 Å². The Bertz CT molecular complexity index is 972. The molecular weight excluding hydrogens is 452 g/mol. The van der Waals surface area contributed by atoms with Gasteiger partial charge in [0.15, 0.2) is 11.6 Å². The summed E-state index contributed by atoms with van der Waals surface area (Å²) in [5.74, 6) is 0.136. The molecule has 4 N–H and O–H groups in total. The molecule has 7 nitrogen and oxygen atoms in total. The fourth-order valence-corrected chi connectivity index (χ4v) is 3.57. The number of hydrogen-bond donors (Lipinski definition) is 3. The number of ether oxygens (including phenoxy) is 1. The number of nitrogens with two attached hydrogens (primary N) is 1. The van der Waals surface area contributed by atoms with Crippen molar-refractivity contribution in [3.05, 3.63) is 41.3 Å². The highest BCUT2D eigenvalue weighted by Gasteiger charge is 2.17. The highest BCUT2D eigenvalue weighted by atomic mass is 35.5. The van der Waals surface area contributed by atoms with Crippen molar-refractivity contribution in [3.8, 4) is 26.9 Å². The summed E-state index contributed by atoms with van der Waals surface area (Å²) < 4.78 is 19.7. The van der Waals surface area contributed by atoms with Crippen LogP contribution in [0.3, 0.4) is 0 Å². The molecule has 0 spiro atoms. The Kier molecular flexibility index (Phi) is 8.75. The summed E-state index contributed by atoms with van der Waals surface area (Å²) in [6.45, 7) is 3.78. The van der Waals surface area contributed by atoms with Crippen molar-refractivity contribution in [2.45, 2.75) is 25.9 Å². The molecule has 162 valence electrons. The maximum Gasteiger partial charge on any atom is 0.165 e. The third-order valence-corrected chi connectivity index (χ3v) is 5.13. The van der Waals surface area contributed by atoms with E-state index in [9.17, 15) is 4.39 Å². The van der Waals surface area contributed by atoms with Crippen molar-refractivity contribution in [1.29, 1.82) is 0 Å². The van der Waals surface area contributed by atoms with Gasteiger partial charge in [0.05, 0.1) is 17.7 Å². The van der Waals surface area contributed by atoms with Gasteiger partial charge >= 0.3 is 0 Å². The van der Waals surface area contributed by atoms with E-state index in [1.165, 1.54) is 23.5 Å². The molecule has 2 heterocycles. The number of nitrogens with one attached hydrogen (secondary N) is 1. The van der Waals surface area contributed by atoms with Crippen LogP contribution in [-0.4, -0.2) is 45.6 Å². The van der Waals surface area contributed by atoms with Crippen LogP contribution in [0.2, 0.25) is 5.02 Å². The highest BCUT2D eigenvalue weighted by molar-refractivity contribution is 7.18. The molecule has 0 aliphatic carbocycles. The first-order valence-corrected chi connectivity index (χ1v) is 10.1. The molecule has 2 aromatic heterocycles. The Morgan fingerprint density at radius 2 is 2.00 bits per heavy atom. The molecule has 0 radical (unpaired) electrons. The molecule has 3 aromatic rings. The Labute approximate surface area is 188 Å². The maximum atomic E-state index is 14.4. The minimum Gasteiger partial charge on any atom is -0.489 e. The fraction of sp³-hybridized carbons (Fsp3) is 0.316. The fourth-order valence-electron chi connectivity index (χ4n) is 2.40. The van der Waals surface area contributed by atoms with E-state index in [4.69, 9.17) is 27.2 Å². The van der Waals surface area contributed by atoms with Gasteiger partial charge in [0.2, 0.25) is 0 Å². The second-order valence-electron chi connectivity index (χ2n) is 6.66. The van der Waals surface area contributed by atoms with Crippen LogP contribution in [0.15, 0.2) is 30.5 Å². The van der Waals surface area contributed by atoms with E-state index >= 15 is 0 Å². The zero-order chi connectivity index (χ0) is 21.0. The second kappa shape index (κ2) is 10.8. The lowest BCUT2D eigenvalue weighted by Crippen LogP contribution is -2.31. The average Bonchev–Trinajstić information content (AvgIpc) is 3.18. The van der Waals surface area contributed by atoms with E-state index in [2.05, 4.69) is 20.5 Å². The van der Waals surface area contributed by atoms with E-state index in [-0.39, 0.29) is 42.4 Å². The SMILES string of the molecule is CC(C)Nc1ccc(-c2nnc(-c3cc(F)c(OC[C@H](N)CO)cc3Cl)s2)cn1.Cl. The molecule has 0 unspecified atom stereocenters. The van der Waals surface area contributed by atoms with Crippen LogP contribution in [0.25, 0.3) is 21.1 Å². The van der Waals surface area contributed by atoms with E-state index < -0.39 is 11.9 Å². The van der Waals surface area contributed by atoms with Crippen molar-refractivity contribution in [3.63, 3.8) is 0 Å². The zero-order valence-corrected chi connectivity index (χ0v) is 18.7. The largest absolute Gasteiger partial charge is 0.489 e. The van der Waals surface area contributed by atoms with Gasteiger partial charge in [0.1, 0.15) is 22.4 Å². The topological polar surface area (TPSA) is 106 Å². The molecule has 0 fully saturated rings. The minimum atomic E-state index is -0.602. The Hall–Kier alpha value is -2.04. The maximum absolute atomic E-state index is 14.4. The lowest BCUT2D eigenvalue weighted by Gasteiger charge is -2.12. The molecule has 0 aliphatic rings. The number of benzene rings is 1. The summed E-state index contributed by atoms with van der Waals surface area (Å²) in [7, 11) is 0. The van der Waals surface area contributed by atoms with Crippen LogP contribution in [0.5, 0.6) is 5.75 Å². The van der Waals surface area contributed by atoms with Gasteiger partial charge in [-0.15, -0.1) is 22.6 Å². The van der Waals surface area contributed by atoms with Crippen LogP contribution < -0.4 is 15.8 Å². The van der Waals surface area contributed by atoms with E-state index in [0.29, 0.717) is 15.6 Å². The van der Waals surface area contributed by atoms with Crippen molar-refractivity contribution >= 4 is 41.2 Å². The monoisotopic (exact) mass is 473 g/mol. The number of aliphatic hydroxyl groups excluding tert-OH is 1. The first kappa shape index (κ1) is 24.2. The van der Waals surface area contributed by atoms with Gasteiger partial charge in [0, 0.05) is 29.4 Å². The Morgan fingerprint density at radius 1 is 1.27 bits per heavy atom. The number of aromatic nitrogens is 3. The molecule has 1 atom stereocenters. The molecule has 0 amide bonds. The minimum absolute atomic E-state index is 0. The molecule has 0 saturated carbocycles. The quantitative estimate of drug-likeness (QED) is 0.453. The molecule has 0 bridgehead atoms. The van der Waals surface area contributed by atoms with E-state index in [1.54, 1.807) is 6.20 Å². The lowest BCUT2D eigenvalue weighted by molar-refractivity contribution is 0.202. The molecule has 11 heteroatoms. The number of hydrogen-bond acceptors (Lipinski definition) is 8. The average molecular weight is 474 g/mol. The normalized spacial score (nSPS) is 11.8. The van der Waals surface area contributed by atoms with Gasteiger partial charge in [0.25, 0.3) is 0 Å². The zero-order valence-electron chi connectivity index (χ0n) is 16.3. The number of pyridine rings is 1. The molecular formula is C19H22Cl2FN5O2S. The predicted molar refractivity (Wildman–Crippen MR) is 120 cm³/mol. The van der Waals surface area contributed by atoms with Gasteiger partial charge in [-0.05, 0) is 32.0 Å². The lowest BCUT2D eigenvalue weighted by atomic mass is 10.2.